The van der Waals surface area contributed by atoms with Gasteiger partial charge in [0.2, 0.25) is 0 Å². The minimum Gasteiger partial charge on any atom is -0.466 e. The number of rotatable bonds is 4. The van der Waals surface area contributed by atoms with Crippen molar-refractivity contribution in [2.75, 3.05) is 6.61 Å². The molecule has 3 nitrogen and oxygen atoms in total. The minimum absolute atomic E-state index is 0.151. The average Bonchev–Trinajstić information content (AvgIpc) is 2.17. The van der Waals surface area contributed by atoms with Gasteiger partial charge >= 0.3 is 5.97 Å². The van der Waals surface area contributed by atoms with Crippen molar-refractivity contribution in [1.82, 2.24) is 0 Å². The van der Waals surface area contributed by atoms with E-state index in [2.05, 4.69) is 0 Å². The molecule has 0 saturated heterocycles. The lowest BCUT2D eigenvalue weighted by molar-refractivity contribution is -0.143. The highest BCUT2D eigenvalue weighted by molar-refractivity contribution is 6.31. The summed E-state index contributed by atoms with van der Waals surface area (Å²) < 4.78 is 4.85. The van der Waals surface area contributed by atoms with Crippen LogP contribution in [-0.2, 0) is 9.53 Å². The monoisotopic (exact) mass is 241 g/mol. The van der Waals surface area contributed by atoms with Crippen LogP contribution in [0.15, 0.2) is 18.2 Å². The molecule has 0 unspecified atom stereocenters. The van der Waals surface area contributed by atoms with E-state index < -0.39 is 6.04 Å². The van der Waals surface area contributed by atoms with Crippen molar-refractivity contribution in [3.8, 4) is 0 Å². The Kier molecular flexibility index (Phi) is 4.77. The summed E-state index contributed by atoms with van der Waals surface area (Å²) in [5.74, 6) is -0.297. The molecule has 0 aliphatic carbocycles. The maximum atomic E-state index is 11.3. The second-order valence-corrected chi connectivity index (χ2v) is 3.99. The maximum absolute atomic E-state index is 11.3. The number of nitrogens with two attached hydrogens (primary N) is 1. The molecule has 0 bridgehead atoms. The molecule has 1 atom stereocenters. The molecule has 0 aliphatic heterocycles. The van der Waals surface area contributed by atoms with Gasteiger partial charge in [0.05, 0.1) is 13.0 Å². The zero-order valence-electron chi connectivity index (χ0n) is 9.50. The number of carbonyl (C=O) groups is 1. The van der Waals surface area contributed by atoms with Gasteiger partial charge in [-0.2, -0.15) is 0 Å². The molecule has 1 aromatic rings. The number of carbonyl (C=O) groups excluding carboxylic acids is 1. The molecule has 1 aromatic carbocycles. The molecule has 0 saturated carbocycles. The number of esters is 1. The molecule has 0 heterocycles. The lowest BCUT2D eigenvalue weighted by Gasteiger charge is -2.15. The van der Waals surface area contributed by atoms with Crippen LogP contribution in [-0.4, -0.2) is 12.6 Å². The lowest BCUT2D eigenvalue weighted by Crippen LogP contribution is -2.18. The highest BCUT2D eigenvalue weighted by atomic mass is 35.5. The van der Waals surface area contributed by atoms with Gasteiger partial charge in [-0.15, -0.1) is 0 Å². The van der Waals surface area contributed by atoms with Gasteiger partial charge in [-0.25, -0.2) is 0 Å². The first-order valence-electron chi connectivity index (χ1n) is 5.22. The van der Waals surface area contributed by atoms with Gasteiger partial charge in [-0.05, 0) is 31.0 Å². The maximum Gasteiger partial charge on any atom is 0.307 e. The van der Waals surface area contributed by atoms with Crippen LogP contribution in [0.3, 0.4) is 0 Å². The molecule has 1 rings (SSSR count). The Hall–Kier alpha value is -1.06. The van der Waals surface area contributed by atoms with Gasteiger partial charge in [0.25, 0.3) is 0 Å². The topological polar surface area (TPSA) is 52.3 Å². The SMILES string of the molecule is CCOC(=O)C[C@@H](N)c1c(C)cccc1Cl. The highest BCUT2D eigenvalue weighted by Gasteiger charge is 2.16. The first-order chi connectivity index (χ1) is 7.56. The van der Waals surface area contributed by atoms with E-state index in [4.69, 9.17) is 22.1 Å². The summed E-state index contributed by atoms with van der Waals surface area (Å²) in [5, 5.41) is 0.594. The van der Waals surface area contributed by atoms with E-state index in [-0.39, 0.29) is 12.4 Å². The van der Waals surface area contributed by atoms with Crippen LogP contribution < -0.4 is 5.73 Å². The average molecular weight is 242 g/mol. The van der Waals surface area contributed by atoms with E-state index in [9.17, 15) is 4.79 Å². The van der Waals surface area contributed by atoms with Crippen LogP contribution in [0.1, 0.15) is 30.5 Å². The predicted octanol–water partition coefficient (Wildman–Crippen LogP) is 2.60. The van der Waals surface area contributed by atoms with E-state index in [1.807, 2.05) is 19.1 Å². The van der Waals surface area contributed by atoms with Gasteiger partial charge in [0.1, 0.15) is 0 Å². The van der Waals surface area contributed by atoms with Crippen LogP contribution in [0, 0.1) is 6.92 Å². The number of benzene rings is 1. The summed E-state index contributed by atoms with van der Waals surface area (Å²) >= 11 is 6.05. The van der Waals surface area contributed by atoms with E-state index in [1.54, 1.807) is 13.0 Å². The Morgan fingerprint density at radius 3 is 2.81 bits per heavy atom. The number of aryl methyl sites for hydroxylation is 1. The fourth-order valence-corrected chi connectivity index (χ4v) is 1.98. The minimum atomic E-state index is -0.409. The largest absolute Gasteiger partial charge is 0.466 e. The molecule has 0 spiro atoms. The summed E-state index contributed by atoms with van der Waals surface area (Å²) in [4.78, 5) is 11.3. The van der Waals surface area contributed by atoms with Crippen LogP contribution in [0.5, 0.6) is 0 Å². The van der Waals surface area contributed by atoms with E-state index in [1.165, 1.54) is 0 Å². The van der Waals surface area contributed by atoms with E-state index in [0.717, 1.165) is 11.1 Å². The third kappa shape index (κ3) is 3.22. The molecule has 0 aromatic heterocycles. The quantitative estimate of drug-likeness (QED) is 0.825. The third-order valence-corrected chi connectivity index (χ3v) is 2.66. The van der Waals surface area contributed by atoms with Crippen LogP contribution in [0.2, 0.25) is 5.02 Å². The first kappa shape index (κ1) is 13.0. The smallest absolute Gasteiger partial charge is 0.307 e. The Bertz CT molecular complexity index is 359. The zero-order chi connectivity index (χ0) is 12.1. The van der Waals surface area contributed by atoms with Crippen molar-refractivity contribution >= 4 is 17.6 Å². The molecular weight excluding hydrogens is 226 g/mol. The zero-order valence-corrected chi connectivity index (χ0v) is 10.3. The Balaban J connectivity index is 2.80. The van der Waals surface area contributed by atoms with Crippen molar-refractivity contribution in [1.29, 1.82) is 0 Å². The molecule has 88 valence electrons. The molecule has 4 heteroatoms. The van der Waals surface area contributed by atoms with Gasteiger partial charge in [0, 0.05) is 11.1 Å². The van der Waals surface area contributed by atoms with Crippen LogP contribution >= 0.6 is 11.6 Å². The molecule has 0 radical (unpaired) electrons. The molecule has 16 heavy (non-hydrogen) atoms. The first-order valence-corrected chi connectivity index (χ1v) is 5.60. The highest BCUT2D eigenvalue weighted by Crippen LogP contribution is 2.26. The number of halogens is 1. The molecular formula is C12H16ClNO2. The fourth-order valence-electron chi connectivity index (χ4n) is 1.62. The number of ether oxygens (including phenoxy) is 1. The molecule has 0 aliphatic rings. The number of hydrogen-bond acceptors (Lipinski definition) is 3. The molecule has 0 amide bonds. The van der Waals surface area contributed by atoms with Crippen molar-refractivity contribution in [3.05, 3.63) is 34.3 Å². The van der Waals surface area contributed by atoms with Crippen LogP contribution in [0.4, 0.5) is 0 Å². The summed E-state index contributed by atoms with van der Waals surface area (Å²) in [5.41, 5.74) is 7.75. The van der Waals surface area contributed by atoms with E-state index >= 15 is 0 Å². The molecule has 2 N–H and O–H groups in total. The standard InChI is InChI=1S/C12H16ClNO2/c1-3-16-11(15)7-10(14)12-8(2)5-4-6-9(12)13/h4-6,10H,3,7,14H2,1-2H3/t10-/m1/s1. The Morgan fingerprint density at radius 2 is 2.25 bits per heavy atom. The van der Waals surface area contributed by atoms with Gasteiger partial charge in [-0.1, -0.05) is 23.7 Å². The lowest BCUT2D eigenvalue weighted by atomic mass is 9.99. The summed E-state index contributed by atoms with van der Waals surface area (Å²) in [6.45, 7) is 4.06. The van der Waals surface area contributed by atoms with Crippen molar-refractivity contribution < 1.29 is 9.53 Å². The second-order valence-electron chi connectivity index (χ2n) is 3.59. The van der Waals surface area contributed by atoms with E-state index in [0.29, 0.717) is 11.6 Å². The summed E-state index contributed by atoms with van der Waals surface area (Å²) in [6.07, 6.45) is 0.151. The summed E-state index contributed by atoms with van der Waals surface area (Å²) in [6, 6.07) is 5.15. The Morgan fingerprint density at radius 1 is 1.56 bits per heavy atom. The number of hydrogen-bond donors (Lipinski definition) is 1. The van der Waals surface area contributed by atoms with Crippen molar-refractivity contribution in [2.24, 2.45) is 5.73 Å². The van der Waals surface area contributed by atoms with Gasteiger partial charge in [0.15, 0.2) is 0 Å². The molecule has 0 fully saturated rings. The Labute approximate surface area is 101 Å². The predicted molar refractivity (Wildman–Crippen MR) is 64.4 cm³/mol. The normalized spacial score (nSPS) is 12.2. The summed E-state index contributed by atoms with van der Waals surface area (Å²) in [7, 11) is 0. The fraction of sp³-hybridized carbons (Fsp3) is 0.417. The van der Waals surface area contributed by atoms with Crippen molar-refractivity contribution in [2.45, 2.75) is 26.3 Å². The van der Waals surface area contributed by atoms with Gasteiger partial charge < -0.3 is 10.5 Å². The van der Waals surface area contributed by atoms with Crippen molar-refractivity contribution in [3.63, 3.8) is 0 Å². The van der Waals surface area contributed by atoms with Gasteiger partial charge in [-0.3, -0.25) is 4.79 Å². The van der Waals surface area contributed by atoms with Crippen LogP contribution in [0.25, 0.3) is 0 Å². The second kappa shape index (κ2) is 5.87. The third-order valence-electron chi connectivity index (χ3n) is 2.33.